The number of ether oxygens (including phenoxy) is 1. The summed E-state index contributed by atoms with van der Waals surface area (Å²) in [6, 6.07) is 6.59. The molecule has 1 aromatic carbocycles. The molecular weight excluding hydrogens is 328 g/mol. The molecule has 0 saturated heterocycles. The zero-order valence-corrected chi connectivity index (χ0v) is 14.7. The summed E-state index contributed by atoms with van der Waals surface area (Å²) in [6.45, 7) is 6.48. The Bertz CT molecular complexity index is 788. The molecule has 1 heterocycles. The van der Waals surface area contributed by atoms with Gasteiger partial charge in [0, 0.05) is 6.54 Å². The molecule has 6 nitrogen and oxygen atoms in total. The average Bonchev–Trinajstić information content (AvgIpc) is 2.81. The SMILES string of the molecule is CCOC(=O)c1ccc(N=Cc2sc(=O)n(CC(C)C)c2O)cc1. The van der Waals surface area contributed by atoms with Crippen LogP contribution in [0, 0.1) is 5.92 Å². The number of hydrogen-bond acceptors (Lipinski definition) is 6. The average molecular weight is 348 g/mol. The molecule has 1 aromatic heterocycles. The molecule has 0 amide bonds. The standard InChI is InChI=1S/C17H20N2O4S/c1-4-23-16(21)12-5-7-13(8-6-12)18-9-14-15(20)19(10-11(2)3)17(22)24-14/h5-9,11,20H,4,10H2,1-3H3. The molecule has 0 fully saturated rings. The summed E-state index contributed by atoms with van der Waals surface area (Å²) in [4.78, 5) is 27.9. The van der Waals surface area contributed by atoms with Crippen LogP contribution in [-0.2, 0) is 11.3 Å². The Balaban J connectivity index is 2.16. The number of thiazole rings is 1. The predicted molar refractivity (Wildman–Crippen MR) is 94.7 cm³/mol. The minimum absolute atomic E-state index is 0.0643. The number of esters is 1. The second-order valence-electron chi connectivity index (χ2n) is 5.59. The van der Waals surface area contributed by atoms with Gasteiger partial charge in [0.25, 0.3) is 0 Å². The van der Waals surface area contributed by atoms with Gasteiger partial charge in [-0.3, -0.25) is 14.4 Å². The Morgan fingerprint density at radius 2 is 2.04 bits per heavy atom. The predicted octanol–water partition coefficient (Wildman–Crippen LogP) is 3.20. The number of benzene rings is 1. The normalized spacial score (nSPS) is 11.3. The number of nitrogens with zero attached hydrogens (tertiary/aromatic N) is 2. The summed E-state index contributed by atoms with van der Waals surface area (Å²) < 4.78 is 6.26. The Kier molecular flexibility index (Phi) is 5.92. The second-order valence-corrected chi connectivity index (χ2v) is 6.58. The lowest BCUT2D eigenvalue weighted by Crippen LogP contribution is -2.15. The highest BCUT2D eigenvalue weighted by Crippen LogP contribution is 2.21. The van der Waals surface area contributed by atoms with Crippen LogP contribution in [0.1, 0.15) is 36.0 Å². The third-order valence-electron chi connectivity index (χ3n) is 3.15. The minimum atomic E-state index is -0.380. The van der Waals surface area contributed by atoms with Crippen LogP contribution >= 0.6 is 11.3 Å². The first kappa shape index (κ1) is 17.9. The van der Waals surface area contributed by atoms with Crippen molar-refractivity contribution in [3.63, 3.8) is 0 Å². The van der Waals surface area contributed by atoms with Crippen LogP contribution in [0.15, 0.2) is 34.1 Å². The fourth-order valence-electron chi connectivity index (χ4n) is 2.06. The zero-order valence-electron chi connectivity index (χ0n) is 13.9. The van der Waals surface area contributed by atoms with Crippen molar-refractivity contribution in [2.45, 2.75) is 27.3 Å². The molecule has 0 saturated carbocycles. The van der Waals surface area contributed by atoms with Crippen molar-refractivity contribution < 1.29 is 14.6 Å². The highest BCUT2D eigenvalue weighted by Gasteiger charge is 2.13. The number of carbonyl (C=O) groups excluding carboxylic acids is 1. The molecule has 0 aliphatic carbocycles. The van der Waals surface area contributed by atoms with Gasteiger partial charge in [0.15, 0.2) is 0 Å². The first-order chi connectivity index (χ1) is 11.4. The molecule has 128 valence electrons. The van der Waals surface area contributed by atoms with Crippen molar-refractivity contribution in [1.82, 2.24) is 4.57 Å². The molecule has 0 aliphatic rings. The van der Waals surface area contributed by atoms with Crippen molar-refractivity contribution in [2.75, 3.05) is 6.61 Å². The van der Waals surface area contributed by atoms with Crippen molar-refractivity contribution in [1.29, 1.82) is 0 Å². The maximum atomic E-state index is 11.9. The Labute approximate surface area is 144 Å². The third-order valence-corrected chi connectivity index (χ3v) is 4.05. The van der Waals surface area contributed by atoms with E-state index >= 15 is 0 Å². The maximum Gasteiger partial charge on any atom is 0.338 e. The molecule has 2 rings (SSSR count). The van der Waals surface area contributed by atoms with E-state index in [4.69, 9.17) is 4.74 Å². The van der Waals surface area contributed by atoms with Gasteiger partial charge in [-0.1, -0.05) is 25.2 Å². The van der Waals surface area contributed by atoms with Crippen molar-refractivity contribution >= 4 is 29.2 Å². The van der Waals surface area contributed by atoms with Gasteiger partial charge in [-0.25, -0.2) is 4.79 Å². The minimum Gasteiger partial charge on any atom is -0.493 e. The molecule has 0 aliphatic heterocycles. The van der Waals surface area contributed by atoms with Gasteiger partial charge in [-0.15, -0.1) is 0 Å². The summed E-state index contributed by atoms with van der Waals surface area (Å²) in [5.74, 6) is -0.191. The Hall–Kier alpha value is -2.41. The molecule has 0 radical (unpaired) electrons. The number of rotatable bonds is 6. The lowest BCUT2D eigenvalue weighted by molar-refractivity contribution is 0.0526. The number of aromatic nitrogens is 1. The van der Waals surface area contributed by atoms with E-state index in [2.05, 4.69) is 4.99 Å². The van der Waals surface area contributed by atoms with E-state index in [0.29, 0.717) is 29.3 Å². The molecule has 2 aromatic rings. The van der Waals surface area contributed by atoms with Gasteiger partial charge in [0.2, 0.25) is 5.88 Å². The van der Waals surface area contributed by atoms with E-state index < -0.39 is 0 Å². The van der Waals surface area contributed by atoms with Crippen LogP contribution in [0.5, 0.6) is 5.88 Å². The van der Waals surface area contributed by atoms with Crippen LogP contribution in [0.3, 0.4) is 0 Å². The molecule has 0 atom stereocenters. The molecule has 1 N–H and O–H groups in total. The smallest absolute Gasteiger partial charge is 0.338 e. The lowest BCUT2D eigenvalue weighted by atomic mass is 10.2. The fourth-order valence-corrected chi connectivity index (χ4v) is 2.82. The topological polar surface area (TPSA) is 80.9 Å². The number of aliphatic imine (C=N–C) groups is 1. The van der Waals surface area contributed by atoms with E-state index in [0.717, 1.165) is 11.3 Å². The molecule has 0 bridgehead atoms. The number of carbonyl (C=O) groups is 1. The van der Waals surface area contributed by atoms with Crippen LogP contribution in [-0.4, -0.2) is 28.5 Å². The van der Waals surface area contributed by atoms with Crippen LogP contribution in [0.4, 0.5) is 5.69 Å². The lowest BCUT2D eigenvalue weighted by Gasteiger charge is -2.05. The van der Waals surface area contributed by atoms with Gasteiger partial charge in [0.1, 0.15) is 4.88 Å². The van der Waals surface area contributed by atoms with E-state index in [9.17, 15) is 14.7 Å². The molecule has 0 spiro atoms. The summed E-state index contributed by atoms with van der Waals surface area (Å²) in [5.41, 5.74) is 1.06. The van der Waals surface area contributed by atoms with Crippen molar-refractivity contribution in [2.24, 2.45) is 10.9 Å². The van der Waals surface area contributed by atoms with E-state index in [-0.39, 0.29) is 22.6 Å². The third kappa shape index (κ3) is 4.32. The largest absolute Gasteiger partial charge is 0.493 e. The summed E-state index contributed by atoms with van der Waals surface area (Å²) in [7, 11) is 0. The Morgan fingerprint density at radius 1 is 1.38 bits per heavy atom. The van der Waals surface area contributed by atoms with Gasteiger partial charge in [-0.05, 0) is 37.1 Å². The first-order valence-electron chi connectivity index (χ1n) is 7.66. The van der Waals surface area contributed by atoms with Gasteiger partial charge >= 0.3 is 10.8 Å². The molecule has 24 heavy (non-hydrogen) atoms. The van der Waals surface area contributed by atoms with Crippen LogP contribution in [0.2, 0.25) is 0 Å². The highest BCUT2D eigenvalue weighted by atomic mass is 32.1. The summed E-state index contributed by atoms with van der Waals surface area (Å²) >= 11 is 0.951. The second kappa shape index (κ2) is 7.92. The molecule has 0 unspecified atom stereocenters. The van der Waals surface area contributed by atoms with Gasteiger partial charge < -0.3 is 9.84 Å². The maximum absolute atomic E-state index is 11.9. The number of hydrogen-bond donors (Lipinski definition) is 1. The monoisotopic (exact) mass is 348 g/mol. The first-order valence-corrected chi connectivity index (χ1v) is 8.47. The van der Waals surface area contributed by atoms with Gasteiger partial charge in [0.05, 0.1) is 24.1 Å². The molecular formula is C17H20N2O4S. The summed E-state index contributed by atoms with van der Waals surface area (Å²) in [5, 5.41) is 10.1. The van der Waals surface area contributed by atoms with Crippen LogP contribution < -0.4 is 4.87 Å². The van der Waals surface area contributed by atoms with Crippen molar-refractivity contribution in [3.05, 3.63) is 44.4 Å². The van der Waals surface area contributed by atoms with E-state index in [1.165, 1.54) is 10.8 Å². The van der Waals surface area contributed by atoms with Crippen molar-refractivity contribution in [3.8, 4) is 5.88 Å². The zero-order chi connectivity index (χ0) is 17.7. The Morgan fingerprint density at radius 3 is 2.62 bits per heavy atom. The molecule has 7 heteroatoms. The quantitative estimate of drug-likeness (QED) is 0.642. The fraction of sp³-hybridized carbons (Fsp3) is 0.353. The van der Waals surface area contributed by atoms with E-state index in [1.54, 1.807) is 31.2 Å². The summed E-state index contributed by atoms with van der Waals surface area (Å²) in [6.07, 6.45) is 1.46. The number of aromatic hydroxyl groups is 1. The van der Waals surface area contributed by atoms with Crippen LogP contribution in [0.25, 0.3) is 0 Å². The van der Waals surface area contributed by atoms with Gasteiger partial charge in [-0.2, -0.15) is 0 Å². The van der Waals surface area contributed by atoms with E-state index in [1.807, 2.05) is 13.8 Å². The highest BCUT2D eigenvalue weighted by molar-refractivity contribution is 7.11.